The minimum absolute atomic E-state index is 0.0553. The monoisotopic (exact) mass is 508 g/mol. The van der Waals surface area contributed by atoms with Gasteiger partial charge in [-0.25, -0.2) is 14.0 Å². The van der Waals surface area contributed by atoms with Crippen LogP contribution in [0.15, 0.2) is 59.8 Å². The first-order valence-electron chi connectivity index (χ1n) is 12.5. The summed E-state index contributed by atoms with van der Waals surface area (Å²) in [5.41, 5.74) is 2.88. The van der Waals surface area contributed by atoms with Gasteiger partial charge in [0.15, 0.2) is 0 Å². The molecule has 196 valence electrons. The van der Waals surface area contributed by atoms with Crippen molar-refractivity contribution in [2.24, 2.45) is 0 Å². The van der Waals surface area contributed by atoms with Gasteiger partial charge in [-0.15, -0.1) is 0 Å². The van der Waals surface area contributed by atoms with Crippen molar-refractivity contribution in [2.45, 2.75) is 32.9 Å². The third-order valence-corrected chi connectivity index (χ3v) is 6.93. The number of nitrogens with one attached hydrogen (secondary N) is 1. The number of urea groups is 1. The molecule has 2 aliphatic rings. The maximum absolute atomic E-state index is 14.2. The molecule has 37 heavy (non-hydrogen) atoms. The number of halogens is 1. The summed E-state index contributed by atoms with van der Waals surface area (Å²) in [6.45, 7) is 7.58. The lowest BCUT2D eigenvalue weighted by Gasteiger charge is -2.42. The number of nitrogens with zero attached hydrogens (tertiary/aromatic N) is 3. The van der Waals surface area contributed by atoms with Crippen molar-refractivity contribution in [2.75, 3.05) is 39.8 Å². The molecule has 9 heteroatoms. The van der Waals surface area contributed by atoms with E-state index in [1.54, 1.807) is 31.0 Å². The van der Waals surface area contributed by atoms with Gasteiger partial charge in [0.1, 0.15) is 5.82 Å². The summed E-state index contributed by atoms with van der Waals surface area (Å²) < 4.78 is 19.6. The van der Waals surface area contributed by atoms with E-state index in [2.05, 4.69) is 10.2 Å². The van der Waals surface area contributed by atoms with E-state index in [0.29, 0.717) is 37.4 Å². The molecule has 2 atom stereocenters. The molecule has 1 fully saturated rings. The summed E-state index contributed by atoms with van der Waals surface area (Å²) in [4.78, 5) is 44.3. The molecule has 2 unspecified atom stereocenters. The fraction of sp³-hybridized carbons (Fsp3) is 0.393. The first-order chi connectivity index (χ1) is 17.7. The Hall–Kier alpha value is -3.72. The number of esters is 1. The van der Waals surface area contributed by atoms with Crippen LogP contribution in [-0.4, -0.2) is 78.5 Å². The molecule has 1 saturated heterocycles. The molecule has 2 aromatic rings. The number of carbonyl (C=O) groups excluding carboxylic acids is 3. The normalized spacial score (nSPS) is 20.6. The number of aryl methyl sites for hydroxylation is 1. The van der Waals surface area contributed by atoms with Crippen LogP contribution >= 0.6 is 0 Å². The van der Waals surface area contributed by atoms with Crippen LogP contribution in [0.25, 0.3) is 0 Å². The van der Waals surface area contributed by atoms with Gasteiger partial charge in [0.05, 0.1) is 23.8 Å². The molecule has 3 amide bonds. The number of hydrogen-bond acceptors (Lipinski definition) is 5. The number of likely N-dealkylation sites (N-methyl/N-ethyl adjacent to an activating group) is 1. The number of ether oxygens (including phenoxy) is 1. The highest BCUT2D eigenvalue weighted by Gasteiger charge is 2.38. The van der Waals surface area contributed by atoms with Crippen LogP contribution in [-0.2, 0) is 9.53 Å². The first-order valence-corrected chi connectivity index (χ1v) is 12.5. The average Bonchev–Trinajstić information content (AvgIpc) is 2.87. The van der Waals surface area contributed by atoms with E-state index in [4.69, 9.17) is 4.74 Å². The van der Waals surface area contributed by atoms with Gasteiger partial charge in [-0.2, -0.15) is 0 Å². The van der Waals surface area contributed by atoms with Crippen LogP contribution < -0.4 is 5.32 Å². The summed E-state index contributed by atoms with van der Waals surface area (Å²) in [5, 5.41) is 2.93. The first kappa shape index (κ1) is 26.3. The Balaban J connectivity index is 1.60. The maximum Gasteiger partial charge on any atom is 0.338 e. The average molecular weight is 509 g/mol. The number of rotatable bonds is 6. The lowest BCUT2D eigenvalue weighted by molar-refractivity contribution is -0.139. The van der Waals surface area contributed by atoms with Crippen LogP contribution in [0.2, 0.25) is 0 Å². The molecule has 0 aliphatic carbocycles. The summed E-state index contributed by atoms with van der Waals surface area (Å²) in [5.74, 6) is -1.36. The SMILES string of the molecule is CCOC(=O)C1=C(CN2CCN(C(=O)c3ccccc3F)C(C)C2)N(C)C(=O)NC1c1ccc(C)cc1. The Morgan fingerprint density at radius 2 is 1.81 bits per heavy atom. The standard InChI is InChI=1S/C28H33FN4O4/c1-5-37-27(35)24-23(31(4)28(36)30-25(24)20-12-10-18(2)11-13-20)17-32-14-15-33(19(3)16-32)26(34)21-8-6-7-9-22(21)29/h6-13,19,25H,5,14-17H2,1-4H3,(H,30,36). The van der Waals surface area contributed by atoms with Crippen molar-refractivity contribution in [1.82, 2.24) is 20.0 Å². The van der Waals surface area contributed by atoms with Crippen molar-refractivity contribution >= 4 is 17.9 Å². The van der Waals surface area contributed by atoms with Crippen LogP contribution in [0.5, 0.6) is 0 Å². The van der Waals surface area contributed by atoms with Gasteiger partial charge in [-0.3, -0.25) is 14.6 Å². The van der Waals surface area contributed by atoms with Crippen molar-refractivity contribution in [3.8, 4) is 0 Å². The largest absolute Gasteiger partial charge is 0.463 e. The molecule has 8 nitrogen and oxygen atoms in total. The van der Waals surface area contributed by atoms with Crippen molar-refractivity contribution in [3.63, 3.8) is 0 Å². The van der Waals surface area contributed by atoms with Gasteiger partial charge in [0, 0.05) is 45.0 Å². The Morgan fingerprint density at radius 1 is 1.11 bits per heavy atom. The summed E-state index contributed by atoms with van der Waals surface area (Å²) >= 11 is 0. The molecule has 2 aromatic carbocycles. The predicted octanol–water partition coefficient (Wildman–Crippen LogP) is 3.49. The number of benzene rings is 2. The summed E-state index contributed by atoms with van der Waals surface area (Å²) in [7, 11) is 1.64. The molecule has 2 aliphatic heterocycles. The van der Waals surface area contributed by atoms with E-state index >= 15 is 0 Å². The number of carbonyl (C=O) groups is 3. The van der Waals surface area contributed by atoms with E-state index in [1.807, 2.05) is 38.1 Å². The van der Waals surface area contributed by atoms with Crippen molar-refractivity contribution in [1.29, 1.82) is 0 Å². The molecular weight excluding hydrogens is 475 g/mol. The van der Waals surface area contributed by atoms with Crippen molar-refractivity contribution < 1.29 is 23.5 Å². The molecule has 0 saturated carbocycles. The number of amides is 3. The van der Waals surface area contributed by atoms with Crippen LogP contribution in [0, 0.1) is 12.7 Å². The fourth-order valence-electron chi connectivity index (χ4n) is 4.89. The molecule has 1 N–H and O–H groups in total. The van der Waals surface area contributed by atoms with E-state index in [0.717, 1.165) is 11.1 Å². The predicted molar refractivity (Wildman–Crippen MR) is 137 cm³/mol. The molecule has 0 radical (unpaired) electrons. The molecule has 4 rings (SSSR count). The van der Waals surface area contributed by atoms with E-state index in [9.17, 15) is 18.8 Å². The number of piperazine rings is 1. The highest BCUT2D eigenvalue weighted by Crippen LogP contribution is 2.32. The minimum atomic E-state index is -0.639. The summed E-state index contributed by atoms with van der Waals surface area (Å²) in [6.07, 6.45) is 0. The van der Waals surface area contributed by atoms with Gasteiger partial charge >= 0.3 is 12.0 Å². The molecule has 0 bridgehead atoms. The quantitative estimate of drug-likeness (QED) is 0.604. The Kier molecular flexibility index (Phi) is 7.92. The van der Waals surface area contributed by atoms with Crippen molar-refractivity contribution in [3.05, 3.63) is 82.3 Å². The van der Waals surface area contributed by atoms with Gasteiger partial charge < -0.3 is 15.0 Å². The highest BCUT2D eigenvalue weighted by molar-refractivity contribution is 5.95. The van der Waals surface area contributed by atoms with E-state index in [-0.39, 0.29) is 30.2 Å². The minimum Gasteiger partial charge on any atom is -0.463 e. The fourth-order valence-corrected chi connectivity index (χ4v) is 4.89. The van der Waals surface area contributed by atoms with Crippen LogP contribution in [0.1, 0.15) is 41.4 Å². The van der Waals surface area contributed by atoms with Gasteiger partial charge in [-0.1, -0.05) is 42.0 Å². The zero-order valence-electron chi connectivity index (χ0n) is 21.7. The van der Waals surface area contributed by atoms with Crippen LogP contribution in [0.3, 0.4) is 0 Å². The zero-order valence-corrected chi connectivity index (χ0v) is 21.7. The van der Waals surface area contributed by atoms with Gasteiger partial charge in [0.25, 0.3) is 5.91 Å². The molecule has 0 spiro atoms. The van der Waals surface area contributed by atoms with E-state index < -0.39 is 17.8 Å². The Labute approximate surface area is 216 Å². The topological polar surface area (TPSA) is 82.2 Å². The van der Waals surface area contributed by atoms with Gasteiger partial charge in [-0.05, 0) is 38.5 Å². The second-order valence-corrected chi connectivity index (χ2v) is 9.50. The molecule has 2 heterocycles. The smallest absolute Gasteiger partial charge is 0.338 e. The molecular formula is C28H33FN4O4. The number of hydrogen-bond donors (Lipinski definition) is 1. The third-order valence-electron chi connectivity index (χ3n) is 6.93. The lowest BCUT2D eigenvalue weighted by atomic mass is 9.93. The molecule has 0 aromatic heterocycles. The Bertz CT molecular complexity index is 1210. The van der Waals surface area contributed by atoms with Gasteiger partial charge in [0.2, 0.25) is 0 Å². The van der Waals surface area contributed by atoms with Crippen LogP contribution in [0.4, 0.5) is 9.18 Å². The zero-order chi connectivity index (χ0) is 26.7. The summed E-state index contributed by atoms with van der Waals surface area (Å²) in [6, 6.07) is 12.5. The Morgan fingerprint density at radius 3 is 2.46 bits per heavy atom. The van der Waals surface area contributed by atoms with E-state index in [1.165, 1.54) is 17.0 Å². The highest BCUT2D eigenvalue weighted by atomic mass is 19.1. The lowest BCUT2D eigenvalue weighted by Crippen LogP contribution is -2.56. The maximum atomic E-state index is 14.2. The second-order valence-electron chi connectivity index (χ2n) is 9.50. The third kappa shape index (κ3) is 5.51. The second kappa shape index (κ2) is 11.1.